The van der Waals surface area contributed by atoms with Crippen LogP contribution in [-0.2, 0) is 16.1 Å². The summed E-state index contributed by atoms with van der Waals surface area (Å²) in [6.07, 6.45) is 2.20. The van der Waals surface area contributed by atoms with Crippen LogP contribution >= 0.6 is 0 Å². The van der Waals surface area contributed by atoms with Crippen molar-refractivity contribution in [3.63, 3.8) is 0 Å². The van der Waals surface area contributed by atoms with Crippen molar-refractivity contribution in [3.8, 4) is 11.1 Å². The highest BCUT2D eigenvalue weighted by Crippen LogP contribution is 2.48. The van der Waals surface area contributed by atoms with Crippen LogP contribution in [-0.4, -0.2) is 45.6 Å². The lowest BCUT2D eigenvalue weighted by molar-refractivity contribution is -0.134. The number of pyridine rings is 1. The van der Waals surface area contributed by atoms with Gasteiger partial charge < -0.3 is 19.9 Å². The van der Waals surface area contributed by atoms with E-state index in [0.29, 0.717) is 29.3 Å². The molecule has 2 fully saturated rings. The molecule has 2 aliphatic heterocycles. The summed E-state index contributed by atoms with van der Waals surface area (Å²) >= 11 is 0. The Morgan fingerprint density at radius 1 is 1.22 bits per heavy atom. The third-order valence-electron chi connectivity index (χ3n) is 7.11. The monoisotopic (exact) mass is 439 g/mol. The van der Waals surface area contributed by atoms with Gasteiger partial charge in [0.15, 0.2) is 0 Å². The number of nitrogens with zero attached hydrogens (tertiary/aromatic N) is 2. The SMILES string of the molecule is CC(=O)N1[C@@H]2c3ccc(-c4cccc(F)c4)c(=O)n3C[C@H]1[C@H](CO)[C@H]2C(=O)NCC1CC1. The first-order valence-electron chi connectivity index (χ1n) is 11.1. The van der Waals surface area contributed by atoms with Crippen molar-refractivity contribution in [2.24, 2.45) is 17.8 Å². The zero-order valence-corrected chi connectivity index (χ0v) is 17.8. The van der Waals surface area contributed by atoms with Crippen LogP contribution in [0.15, 0.2) is 41.2 Å². The van der Waals surface area contributed by atoms with Gasteiger partial charge >= 0.3 is 0 Å². The molecule has 1 aromatic carbocycles. The predicted octanol–water partition coefficient (Wildman–Crippen LogP) is 1.69. The van der Waals surface area contributed by atoms with Gasteiger partial charge in [-0.1, -0.05) is 12.1 Å². The van der Waals surface area contributed by atoms with Gasteiger partial charge in [0, 0.05) is 43.8 Å². The highest BCUT2D eigenvalue weighted by Gasteiger charge is 2.56. The number of halogens is 1. The summed E-state index contributed by atoms with van der Waals surface area (Å²) in [6, 6.07) is 8.15. The van der Waals surface area contributed by atoms with E-state index in [2.05, 4.69) is 5.32 Å². The van der Waals surface area contributed by atoms with Gasteiger partial charge in [-0.05, 0) is 48.6 Å². The zero-order chi connectivity index (χ0) is 22.6. The van der Waals surface area contributed by atoms with Crippen molar-refractivity contribution in [2.45, 2.75) is 38.4 Å². The zero-order valence-electron chi connectivity index (χ0n) is 17.8. The molecule has 0 radical (unpaired) electrons. The normalized spacial score (nSPS) is 26.0. The fourth-order valence-electron chi connectivity index (χ4n) is 5.40. The van der Waals surface area contributed by atoms with E-state index in [-0.39, 0.29) is 30.5 Å². The Bertz CT molecular complexity index is 1140. The van der Waals surface area contributed by atoms with E-state index in [1.54, 1.807) is 33.7 Å². The maximum Gasteiger partial charge on any atom is 0.258 e. The van der Waals surface area contributed by atoms with Crippen molar-refractivity contribution in [1.82, 2.24) is 14.8 Å². The van der Waals surface area contributed by atoms with Crippen LogP contribution in [0, 0.1) is 23.6 Å². The van der Waals surface area contributed by atoms with Gasteiger partial charge in [-0.3, -0.25) is 14.4 Å². The molecule has 2 N–H and O–H groups in total. The molecule has 8 heteroatoms. The van der Waals surface area contributed by atoms with Crippen LogP contribution in [0.4, 0.5) is 4.39 Å². The second-order valence-corrected chi connectivity index (χ2v) is 9.10. The van der Waals surface area contributed by atoms with Gasteiger partial charge in [0.25, 0.3) is 5.56 Å². The maximum atomic E-state index is 13.7. The van der Waals surface area contributed by atoms with Crippen molar-refractivity contribution in [1.29, 1.82) is 0 Å². The first-order valence-corrected chi connectivity index (χ1v) is 11.1. The second-order valence-electron chi connectivity index (χ2n) is 9.10. The molecule has 2 aromatic rings. The number of hydrogen-bond donors (Lipinski definition) is 2. The fourth-order valence-corrected chi connectivity index (χ4v) is 5.40. The number of aliphatic hydroxyl groups excluding tert-OH is 1. The number of nitrogens with one attached hydrogen (secondary N) is 1. The van der Waals surface area contributed by atoms with Gasteiger partial charge in [0.1, 0.15) is 5.82 Å². The molecular weight excluding hydrogens is 413 g/mol. The smallest absolute Gasteiger partial charge is 0.258 e. The van der Waals surface area contributed by atoms with Crippen LogP contribution in [0.3, 0.4) is 0 Å². The predicted molar refractivity (Wildman–Crippen MR) is 115 cm³/mol. The van der Waals surface area contributed by atoms with Crippen molar-refractivity contribution < 1.29 is 19.1 Å². The van der Waals surface area contributed by atoms with Crippen LogP contribution < -0.4 is 10.9 Å². The highest BCUT2D eigenvalue weighted by molar-refractivity contribution is 5.83. The van der Waals surface area contributed by atoms with Crippen LogP contribution in [0.25, 0.3) is 11.1 Å². The van der Waals surface area contributed by atoms with Crippen molar-refractivity contribution in [3.05, 3.63) is 58.3 Å². The van der Waals surface area contributed by atoms with E-state index in [0.717, 1.165) is 12.8 Å². The van der Waals surface area contributed by atoms with E-state index >= 15 is 0 Å². The van der Waals surface area contributed by atoms with E-state index in [4.69, 9.17) is 0 Å². The van der Waals surface area contributed by atoms with Crippen LogP contribution in [0.1, 0.15) is 31.5 Å². The Morgan fingerprint density at radius 2 is 2.00 bits per heavy atom. The summed E-state index contributed by atoms with van der Waals surface area (Å²) in [6.45, 7) is 1.97. The minimum atomic E-state index is -0.638. The molecule has 1 saturated heterocycles. The Hall–Kier alpha value is -3.00. The summed E-state index contributed by atoms with van der Waals surface area (Å²) in [5.41, 5.74) is 1.12. The first-order chi connectivity index (χ1) is 15.4. The molecular formula is C24H26FN3O4. The van der Waals surface area contributed by atoms with Gasteiger partial charge in [0.2, 0.25) is 11.8 Å². The molecule has 1 aromatic heterocycles. The number of amides is 2. The van der Waals surface area contributed by atoms with E-state index in [9.17, 15) is 23.9 Å². The highest BCUT2D eigenvalue weighted by atomic mass is 19.1. The Labute approximate surface area is 184 Å². The average Bonchev–Trinajstić information content (AvgIpc) is 3.56. The summed E-state index contributed by atoms with van der Waals surface area (Å²) < 4.78 is 15.3. The molecule has 0 spiro atoms. The molecule has 0 unspecified atom stereocenters. The number of fused-ring (bicyclic) bond motifs is 4. The van der Waals surface area contributed by atoms with E-state index in [1.807, 2.05) is 0 Å². The van der Waals surface area contributed by atoms with E-state index in [1.165, 1.54) is 19.1 Å². The molecule has 4 atom stereocenters. The summed E-state index contributed by atoms with van der Waals surface area (Å²) in [7, 11) is 0. The maximum absolute atomic E-state index is 13.7. The number of carbonyl (C=O) groups is 2. The van der Waals surface area contributed by atoms with Gasteiger partial charge in [-0.2, -0.15) is 0 Å². The molecule has 7 nitrogen and oxygen atoms in total. The quantitative estimate of drug-likeness (QED) is 0.742. The molecule has 5 rings (SSSR count). The Morgan fingerprint density at radius 3 is 2.66 bits per heavy atom. The summed E-state index contributed by atoms with van der Waals surface area (Å²) in [5.74, 6) is -1.42. The number of carbonyl (C=O) groups excluding carboxylic acids is 2. The number of aromatic nitrogens is 1. The number of rotatable bonds is 5. The lowest BCUT2D eigenvalue weighted by atomic mass is 9.86. The average molecular weight is 439 g/mol. The third-order valence-corrected chi connectivity index (χ3v) is 7.11. The van der Waals surface area contributed by atoms with Gasteiger partial charge in [-0.15, -0.1) is 0 Å². The van der Waals surface area contributed by atoms with E-state index < -0.39 is 29.7 Å². The third kappa shape index (κ3) is 3.33. The van der Waals surface area contributed by atoms with Crippen LogP contribution in [0.2, 0.25) is 0 Å². The molecule has 1 aliphatic carbocycles. The minimum Gasteiger partial charge on any atom is -0.396 e. The first kappa shape index (κ1) is 20.9. The number of hydrogen-bond acceptors (Lipinski definition) is 4. The largest absolute Gasteiger partial charge is 0.396 e. The molecule has 32 heavy (non-hydrogen) atoms. The molecule has 2 bridgehead atoms. The van der Waals surface area contributed by atoms with Gasteiger partial charge in [0.05, 0.1) is 18.0 Å². The minimum absolute atomic E-state index is 0.186. The number of aliphatic hydroxyl groups is 1. The number of benzene rings is 1. The summed E-state index contributed by atoms with van der Waals surface area (Å²) in [5, 5.41) is 13.2. The lowest BCUT2D eigenvalue weighted by Crippen LogP contribution is -2.48. The van der Waals surface area contributed by atoms with Gasteiger partial charge in [-0.25, -0.2) is 4.39 Å². The summed E-state index contributed by atoms with van der Waals surface area (Å²) in [4.78, 5) is 40.8. The van der Waals surface area contributed by atoms with Crippen molar-refractivity contribution in [2.75, 3.05) is 13.2 Å². The molecule has 168 valence electrons. The fraction of sp³-hybridized carbons (Fsp3) is 0.458. The topological polar surface area (TPSA) is 91.6 Å². The molecule has 2 amide bonds. The second kappa shape index (κ2) is 7.85. The van der Waals surface area contributed by atoms with Crippen LogP contribution in [0.5, 0.6) is 0 Å². The Balaban J connectivity index is 1.59. The molecule has 3 aliphatic rings. The lowest BCUT2D eigenvalue weighted by Gasteiger charge is -2.37. The standard InChI is InChI=1S/C24H26FN3O4/c1-13(30)28-20-11-27-19(8-7-17(24(27)32)15-3-2-4-16(25)9-15)22(28)21(18(20)12-29)23(31)26-10-14-5-6-14/h2-4,7-9,14,18,20-22,29H,5-6,10-12H2,1H3,(H,26,31)/t18-,20-,21+,22+/m0/s1. The van der Waals surface area contributed by atoms with Crippen molar-refractivity contribution >= 4 is 11.8 Å². The molecule has 3 heterocycles. The Kier molecular flexibility index (Phi) is 5.12. The molecule has 1 saturated carbocycles.